The third kappa shape index (κ3) is 2.90. The maximum atomic E-state index is 12.5. The van der Waals surface area contributed by atoms with Crippen molar-refractivity contribution in [3.63, 3.8) is 0 Å². The Hall–Kier alpha value is -1.95. The zero-order chi connectivity index (χ0) is 15.6. The van der Waals surface area contributed by atoms with E-state index in [0.29, 0.717) is 36.6 Å². The number of methoxy groups -OCH3 is 2. The van der Waals surface area contributed by atoms with Gasteiger partial charge in [-0.3, -0.25) is 4.79 Å². The standard InChI is InChI=1S/C15H22N2O4/c1-4-5-15(19)8-17(9-15)14(18)11-6-10(20-2)7-12(21-3)13(11)16/h6-7,19H,4-5,8-9,16H2,1-3H3. The molecule has 1 fully saturated rings. The number of nitrogens with zero attached hydrogens (tertiary/aromatic N) is 1. The first kappa shape index (κ1) is 15.4. The van der Waals surface area contributed by atoms with Gasteiger partial charge in [0, 0.05) is 6.07 Å². The molecule has 1 aromatic rings. The fourth-order valence-corrected chi connectivity index (χ4v) is 2.67. The second-order valence-electron chi connectivity index (χ2n) is 5.43. The molecule has 0 radical (unpaired) electrons. The van der Waals surface area contributed by atoms with Crippen LogP contribution in [0, 0.1) is 0 Å². The first-order valence-electron chi connectivity index (χ1n) is 6.97. The van der Waals surface area contributed by atoms with E-state index in [2.05, 4.69) is 0 Å². The Morgan fingerprint density at radius 3 is 2.57 bits per heavy atom. The number of nitrogens with two attached hydrogens (primary N) is 1. The molecule has 116 valence electrons. The fraction of sp³-hybridized carbons (Fsp3) is 0.533. The Kier molecular flexibility index (Phi) is 4.27. The minimum atomic E-state index is -0.762. The van der Waals surface area contributed by atoms with Crippen molar-refractivity contribution in [3.05, 3.63) is 17.7 Å². The molecule has 1 aliphatic heterocycles. The quantitative estimate of drug-likeness (QED) is 0.799. The van der Waals surface area contributed by atoms with Gasteiger partial charge in [-0.25, -0.2) is 0 Å². The molecule has 2 rings (SSSR count). The fourth-order valence-electron chi connectivity index (χ4n) is 2.67. The number of aliphatic hydroxyl groups is 1. The Morgan fingerprint density at radius 1 is 1.38 bits per heavy atom. The Labute approximate surface area is 124 Å². The molecule has 1 aromatic carbocycles. The highest BCUT2D eigenvalue weighted by atomic mass is 16.5. The summed E-state index contributed by atoms with van der Waals surface area (Å²) in [6.45, 7) is 2.67. The minimum absolute atomic E-state index is 0.217. The summed E-state index contributed by atoms with van der Waals surface area (Å²) in [5.41, 5.74) is 5.83. The maximum Gasteiger partial charge on any atom is 0.256 e. The lowest BCUT2D eigenvalue weighted by Gasteiger charge is -2.46. The molecule has 1 amide bonds. The topological polar surface area (TPSA) is 85.0 Å². The Balaban J connectivity index is 2.21. The SMILES string of the molecule is CCCC1(O)CN(C(=O)c2cc(OC)cc(OC)c2N)C1. The molecular weight excluding hydrogens is 272 g/mol. The number of benzene rings is 1. The lowest BCUT2D eigenvalue weighted by atomic mass is 9.88. The van der Waals surface area contributed by atoms with Gasteiger partial charge in [-0.2, -0.15) is 0 Å². The van der Waals surface area contributed by atoms with Crippen LogP contribution in [0.25, 0.3) is 0 Å². The normalized spacial score (nSPS) is 16.3. The van der Waals surface area contributed by atoms with E-state index in [1.54, 1.807) is 17.0 Å². The first-order chi connectivity index (χ1) is 9.94. The molecule has 0 aliphatic carbocycles. The monoisotopic (exact) mass is 294 g/mol. The lowest BCUT2D eigenvalue weighted by molar-refractivity contribution is -0.0859. The summed E-state index contributed by atoms with van der Waals surface area (Å²) in [5, 5.41) is 10.2. The maximum absolute atomic E-state index is 12.5. The number of carbonyl (C=O) groups is 1. The summed E-state index contributed by atoms with van der Waals surface area (Å²) in [7, 11) is 3.01. The van der Waals surface area contributed by atoms with Crippen LogP contribution < -0.4 is 15.2 Å². The van der Waals surface area contributed by atoms with Crippen LogP contribution in [0.15, 0.2) is 12.1 Å². The van der Waals surface area contributed by atoms with Crippen LogP contribution in [0.2, 0.25) is 0 Å². The van der Waals surface area contributed by atoms with Gasteiger partial charge in [-0.15, -0.1) is 0 Å². The van der Waals surface area contributed by atoms with Crippen LogP contribution in [0.4, 0.5) is 5.69 Å². The number of hydrogen-bond acceptors (Lipinski definition) is 5. The van der Waals surface area contributed by atoms with Gasteiger partial charge in [-0.05, 0) is 12.5 Å². The molecule has 0 atom stereocenters. The van der Waals surface area contributed by atoms with E-state index in [1.165, 1.54) is 14.2 Å². The van der Waals surface area contributed by atoms with Crippen molar-refractivity contribution in [2.24, 2.45) is 0 Å². The Morgan fingerprint density at radius 2 is 2.05 bits per heavy atom. The Bertz CT molecular complexity index is 539. The molecular formula is C15H22N2O4. The van der Waals surface area contributed by atoms with Gasteiger partial charge >= 0.3 is 0 Å². The highest BCUT2D eigenvalue weighted by Gasteiger charge is 2.43. The van der Waals surface area contributed by atoms with E-state index in [1.807, 2.05) is 6.92 Å². The molecule has 1 saturated heterocycles. The van der Waals surface area contributed by atoms with E-state index in [0.717, 1.165) is 6.42 Å². The first-order valence-corrected chi connectivity index (χ1v) is 6.97. The number of rotatable bonds is 5. The van der Waals surface area contributed by atoms with Crippen LogP contribution >= 0.6 is 0 Å². The van der Waals surface area contributed by atoms with Crippen molar-refractivity contribution in [3.8, 4) is 11.5 Å². The van der Waals surface area contributed by atoms with Crippen molar-refractivity contribution >= 4 is 11.6 Å². The summed E-state index contributed by atoms with van der Waals surface area (Å²) in [6.07, 6.45) is 1.57. The second kappa shape index (κ2) is 5.81. The molecule has 0 spiro atoms. The van der Waals surface area contributed by atoms with Gasteiger partial charge in [0.15, 0.2) is 0 Å². The average Bonchev–Trinajstić information content (AvgIpc) is 2.44. The number of carbonyl (C=O) groups excluding carboxylic acids is 1. The molecule has 6 heteroatoms. The van der Waals surface area contributed by atoms with Crippen molar-refractivity contribution in [1.29, 1.82) is 0 Å². The summed E-state index contributed by atoms with van der Waals surface area (Å²) in [4.78, 5) is 14.1. The van der Waals surface area contributed by atoms with Gasteiger partial charge in [0.25, 0.3) is 5.91 Å². The van der Waals surface area contributed by atoms with Crippen LogP contribution in [0.5, 0.6) is 11.5 Å². The van der Waals surface area contributed by atoms with Gasteiger partial charge < -0.3 is 25.2 Å². The largest absolute Gasteiger partial charge is 0.497 e. The molecule has 6 nitrogen and oxygen atoms in total. The minimum Gasteiger partial charge on any atom is -0.497 e. The van der Waals surface area contributed by atoms with Crippen molar-refractivity contribution in [2.75, 3.05) is 33.0 Å². The number of hydrogen-bond donors (Lipinski definition) is 2. The van der Waals surface area contributed by atoms with Gasteiger partial charge in [0.2, 0.25) is 0 Å². The van der Waals surface area contributed by atoms with E-state index in [9.17, 15) is 9.90 Å². The molecule has 1 heterocycles. The predicted molar refractivity (Wildman–Crippen MR) is 79.7 cm³/mol. The number of nitrogen functional groups attached to an aromatic ring is 1. The van der Waals surface area contributed by atoms with E-state index in [-0.39, 0.29) is 11.6 Å². The van der Waals surface area contributed by atoms with Gasteiger partial charge in [0.05, 0.1) is 44.2 Å². The van der Waals surface area contributed by atoms with Crippen molar-refractivity contribution < 1.29 is 19.4 Å². The average molecular weight is 294 g/mol. The molecule has 0 saturated carbocycles. The highest BCUT2D eigenvalue weighted by molar-refractivity contribution is 6.01. The number of anilines is 1. The van der Waals surface area contributed by atoms with Crippen LogP contribution in [-0.2, 0) is 0 Å². The van der Waals surface area contributed by atoms with Crippen LogP contribution in [0.1, 0.15) is 30.1 Å². The summed E-state index contributed by atoms with van der Waals surface area (Å²) >= 11 is 0. The third-order valence-electron chi connectivity index (χ3n) is 3.77. The van der Waals surface area contributed by atoms with Gasteiger partial charge in [-0.1, -0.05) is 13.3 Å². The van der Waals surface area contributed by atoms with Crippen molar-refractivity contribution in [1.82, 2.24) is 4.90 Å². The number of likely N-dealkylation sites (tertiary alicyclic amines) is 1. The molecule has 21 heavy (non-hydrogen) atoms. The molecule has 0 bridgehead atoms. The van der Waals surface area contributed by atoms with Crippen molar-refractivity contribution in [2.45, 2.75) is 25.4 Å². The second-order valence-corrected chi connectivity index (χ2v) is 5.43. The summed E-state index contributed by atoms with van der Waals surface area (Å²) in [6, 6.07) is 3.23. The summed E-state index contributed by atoms with van der Waals surface area (Å²) in [5.74, 6) is 0.696. The number of β-amino-alcohol motifs (C(OH)–C–C–N with tert-alkyl or cyclic N) is 1. The zero-order valence-corrected chi connectivity index (χ0v) is 12.7. The molecule has 3 N–H and O–H groups in total. The smallest absolute Gasteiger partial charge is 0.256 e. The zero-order valence-electron chi connectivity index (χ0n) is 12.7. The number of amides is 1. The van der Waals surface area contributed by atoms with E-state index in [4.69, 9.17) is 15.2 Å². The van der Waals surface area contributed by atoms with E-state index >= 15 is 0 Å². The summed E-state index contributed by atoms with van der Waals surface area (Å²) < 4.78 is 10.3. The molecule has 1 aliphatic rings. The molecule has 0 unspecified atom stereocenters. The third-order valence-corrected chi connectivity index (χ3v) is 3.77. The highest BCUT2D eigenvalue weighted by Crippen LogP contribution is 2.34. The molecule has 0 aromatic heterocycles. The number of ether oxygens (including phenoxy) is 2. The van der Waals surface area contributed by atoms with Crippen LogP contribution in [-0.4, -0.2) is 48.8 Å². The van der Waals surface area contributed by atoms with E-state index < -0.39 is 5.60 Å². The van der Waals surface area contributed by atoms with Gasteiger partial charge in [0.1, 0.15) is 11.5 Å². The van der Waals surface area contributed by atoms with Crippen LogP contribution in [0.3, 0.4) is 0 Å². The predicted octanol–water partition coefficient (Wildman–Crippen LogP) is 1.27. The lowest BCUT2D eigenvalue weighted by Crippen LogP contribution is -2.63.